The molecule has 0 spiro atoms. The molecule has 0 aliphatic carbocycles. The Kier molecular flexibility index (Phi) is 0.859. The average molecular weight is 84.1 g/mol. The number of hydrogen-bond donors (Lipinski definition) is 0. The van der Waals surface area contributed by atoms with Crippen molar-refractivity contribution in [2.45, 2.75) is 6.42 Å². The second-order valence-corrected chi connectivity index (χ2v) is 0.893. The van der Waals surface area contributed by atoms with E-state index >= 15 is 0 Å². The van der Waals surface area contributed by atoms with Crippen molar-refractivity contribution in [1.82, 2.24) is 0 Å². The van der Waals surface area contributed by atoms with Crippen LogP contribution < -0.4 is 0 Å². The molecule has 0 amide bonds. The van der Waals surface area contributed by atoms with Crippen molar-refractivity contribution in [3.8, 4) is 0 Å². The van der Waals surface area contributed by atoms with Crippen LogP contribution in [0.4, 0.5) is 0 Å². The smallest absolute Gasteiger partial charge is 0.0525 e. The fourth-order valence-electron chi connectivity index (χ4n) is 0.227. The lowest BCUT2D eigenvalue weighted by molar-refractivity contribution is 0.155. The van der Waals surface area contributed by atoms with Crippen LogP contribution in [0, 0.1) is 0 Å². The first-order valence-corrected chi connectivity index (χ1v) is 1.70. The van der Waals surface area contributed by atoms with Crippen LogP contribution in [-0.4, -0.2) is 12.4 Å². The molecule has 6 heavy (non-hydrogen) atoms. The molecule has 0 saturated carbocycles. The molecule has 0 aromatic carbocycles. The Morgan fingerprint density at radius 3 is 2.17 bits per heavy atom. The SMILES string of the molecule is C1=NON=CC1. The molecular formula is C3H4N2O. The maximum absolute atomic E-state index is 4.21. The molecule has 0 saturated heterocycles. The minimum absolute atomic E-state index is 0.792. The van der Waals surface area contributed by atoms with Gasteiger partial charge in [0.2, 0.25) is 0 Å². The van der Waals surface area contributed by atoms with Gasteiger partial charge in [-0.3, -0.25) is 0 Å². The van der Waals surface area contributed by atoms with E-state index in [2.05, 4.69) is 15.2 Å². The highest BCUT2D eigenvalue weighted by atomic mass is 16.8. The molecular weight excluding hydrogens is 80.0 g/mol. The molecule has 32 valence electrons. The second kappa shape index (κ2) is 1.55. The Bertz CT molecular complexity index is 66.8. The summed E-state index contributed by atoms with van der Waals surface area (Å²) in [7, 11) is 0. The molecule has 0 radical (unpaired) electrons. The topological polar surface area (TPSA) is 34.0 Å². The predicted molar refractivity (Wildman–Crippen MR) is 22.7 cm³/mol. The van der Waals surface area contributed by atoms with Gasteiger partial charge in [0.25, 0.3) is 0 Å². The summed E-state index contributed by atoms with van der Waals surface area (Å²) in [6.07, 6.45) is 4.08. The van der Waals surface area contributed by atoms with Crippen molar-refractivity contribution in [2.75, 3.05) is 0 Å². The molecule has 3 nitrogen and oxygen atoms in total. The summed E-state index contributed by atoms with van der Waals surface area (Å²) in [5.74, 6) is 0. The van der Waals surface area contributed by atoms with E-state index in [0.717, 1.165) is 6.42 Å². The summed E-state index contributed by atoms with van der Waals surface area (Å²) in [4.78, 5) is 4.21. The first-order chi connectivity index (χ1) is 3.00. The molecule has 1 aliphatic rings. The maximum atomic E-state index is 4.21. The molecule has 0 bridgehead atoms. The zero-order valence-corrected chi connectivity index (χ0v) is 3.16. The van der Waals surface area contributed by atoms with E-state index in [4.69, 9.17) is 0 Å². The molecule has 0 unspecified atom stereocenters. The lowest BCUT2D eigenvalue weighted by Crippen LogP contribution is -1.84. The summed E-state index contributed by atoms with van der Waals surface area (Å²) in [6.45, 7) is 0. The number of rotatable bonds is 0. The molecule has 0 aromatic heterocycles. The van der Waals surface area contributed by atoms with Gasteiger partial charge in [-0.1, -0.05) is 10.3 Å². The molecule has 1 aliphatic heterocycles. The molecule has 0 atom stereocenters. The summed E-state index contributed by atoms with van der Waals surface area (Å²) < 4.78 is 0. The van der Waals surface area contributed by atoms with Crippen LogP contribution in [0.2, 0.25) is 0 Å². The van der Waals surface area contributed by atoms with Gasteiger partial charge in [0.15, 0.2) is 0 Å². The van der Waals surface area contributed by atoms with E-state index < -0.39 is 0 Å². The van der Waals surface area contributed by atoms with E-state index in [1.54, 1.807) is 12.4 Å². The van der Waals surface area contributed by atoms with Gasteiger partial charge in [0.05, 0.1) is 12.4 Å². The van der Waals surface area contributed by atoms with Gasteiger partial charge in [-0.05, 0) is 0 Å². The van der Waals surface area contributed by atoms with E-state index in [0.29, 0.717) is 0 Å². The summed E-state index contributed by atoms with van der Waals surface area (Å²) in [5, 5.41) is 6.71. The largest absolute Gasteiger partial charge is 0.245 e. The standard InChI is InChI=1S/C3H4N2O/c1-2-4-6-5-3-1/h2-3H,1H2. The summed E-state index contributed by atoms with van der Waals surface area (Å²) in [5.41, 5.74) is 0. The quantitative estimate of drug-likeness (QED) is 0.417. The Labute approximate surface area is 35.3 Å². The van der Waals surface area contributed by atoms with Crippen molar-refractivity contribution in [3.05, 3.63) is 0 Å². The van der Waals surface area contributed by atoms with Crippen LogP contribution in [0.5, 0.6) is 0 Å². The third kappa shape index (κ3) is 0.544. The molecule has 0 fully saturated rings. The van der Waals surface area contributed by atoms with Gasteiger partial charge in [0, 0.05) is 6.42 Å². The van der Waals surface area contributed by atoms with E-state index in [9.17, 15) is 0 Å². The van der Waals surface area contributed by atoms with E-state index in [1.807, 2.05) is 0 Å². The Balaban J connectivity index is 2.40. The van der Waals surface area contributed by atoms with Crippen LogP contribution in [0.25, 0.3) is 0 Å². The van der Waals surface area contributed by atoms with Crippen LogP contribution in [0.3, 0.4) is 0 Å². The lowest BCUT2D eigenvalue weighted by atomic mass is 10.5. The van der Waals surface area contributed by atoms with Crippen molar-refractivity contribution < 1.29 is 4.94 Å². The third-order valence-corrected chi connectivity index (χ3v) is 0.454. The van der Waals surface area contributed by atoms with E-state index in [1.165, 1.54) is 0 Å². The van der Waals surface area contributed by atoms with Crippen LogP contribution in [-0.2, 0) is 4.94 Å². The normalized spacial score (nSPS) is 17.3. The zero-order valence-electron chi connectivity index (χ0n) is 3.16. The van der Waals surface area contributed by atoms with E-state index in [-0.39, 0.29) is 0 Å². The second-order valence-electron chi connectivity index (χ2n) is 0.893. The van der Waals surface area contributed by atoms with Gasteiger partial charge in [-0.25, -0.2) is 4.94 Å². The van der Waals surface area contributed by atoms with Gasteiger partial charge in [0.1, 0.15) is 0 Å². The molecule has 0 aromatic rings. The Morgan fingerprint density at radius 1 is 1.33 bits per heavy atom. The van der Waals surface area contributed by atoms with Crippen LogP contribution in [0.1, 0.15) is 6.42 Å². The van der Waals surface area contributed by atoms with Gasteiger partial charge < -0.3 is 0 Å². The van der Waals surface area contributed by atoms with Crippen molar-refractivity contribution in [3.63, 3.8) is 0 Å². The summed E-state index contributed by atoms with van der Waals surface area (Å²) in [6, 6.07) is 0. The van der Waals surface area contributed by atoms with Gasteiger partial charge in [-0.15, -0.1) is 0 Å². The average Bonchev–Trinajstić information content (AvgIpc) is 1.72. The zero-order chi connectivity index (χ0) is 4.24. The van der Waals surface area contributed by atoms with Crippen molar-refractivity contribution in [1.29, 1.82) is 0 Å². The Morgan fingerprint density at radius 2 is 2.00 bits per heavy atom. The fourth-order valence-corrected chi connectivity index (χ4v) is 0.227. The fraction of sp³-hybridized carbons (Fsp3) is 0.333. The highest BCUT2D eigenvalue weighted by molar-refractivity contribution is 5.79. The maximum Gasteiger partial charge on any atom is 0.0525 e. The van der Waals surface area contributed by atoms with Gasteiger partial charge >= 0.3 is 0 Å². The molecule has 1 rings (SSSR count). The number of nitrogens with zero attached hydrogens (tertiary/aromatic N) is 2. The predicted octanol–water partition coefficient (Wildman–Crippen LogP) is 0.378. The van der Waals surface area contributed by atoms with Crippen LogP contribution in [0.15, 0.2) is 10.3 Å². The first-order valence-electron chi connectivity index (χ1n) is 1.70. The molecule has 0 N–H and O–H groups in total. The third-order valence-electron chi connectivity index (χ3n) is 0.454. The Hall–Kier alpha value is -0.860. The lowest BCUT2D eigenvalue weighted by Gasteiger charge is -1.87. The number of hydrogen-bond acceptors (Lipinski definition) is 3. The highest BCUT2D eigenvalue weighted by Crippen LogP contribution is 1.81. The minimum Gasteiger partial charge on any atom is -0.245 e. The van der Waals surface area contributed by atoms with Crippen LogP contribution >= 0.6 is 0 Å². The first kappa shape index (κ1) is 3.33. The monoisotopic (exact) mass is 84.0 g/mol. The molecule has 1 heterocycles. The van der Waals surface area contributed by atoms with Crippen molar-refractivity contribution in [2.24, 2.45) is 10.3 Å². The van der Waals surface area contributed by atoms with Crippen molar-refractivity contribution >= 4 is 12.4 Å². The summed E-state index contributed by atoms with van der Waals surface area (Å²) >= 11 is 0. The molecule has 3 heteroatoms. The number of oxime groups is 2. The minimum atomic E-state index is 0.792. The highest BCUT2D eigenvalue weighted by Gasteiger charge is 1.78. The van der Waals surface area contributed by atoms with Gasteiger partial charge in [-0.2, -0.15) is 0 Å².